The lowest BCUT2D eigenvalue weighted by Gasteiger charge is -2.45. The molecule has 3 rings (SSSR count). The second-order valence-corrected chi connectivity index (χ2v) is 8.16. The van der Waals surface area contributed by atoms with E-state index in [2.05, 4.69) is 27.7 Å². The van der Waals surface area contributed by atoms with Gasteiger partial charge in [-0.15, -0.1) is 0 Å². The summed E-state index contributed by atoms with van der Waals surface area (Å²) >= 11 is 0. The van der Waals surface area contributed by atoms with E-state index < -0.39 is 6.10 Å². The van der Waals surface area contributed by atoms with Crippen LogP contribution in [0.2, 0.25) is 0 Å². The molecule has 1 spiro atoms. The zero-order valence-electron chi connectivity index (χ0n) is 14.7. The summed E-state index contributed by atoms with van der Waals surface area (Å²) in [6.45, 7) is 9.62. The number of rotatable bonds is 6. The van der Waals surface area contributed by atoms with Crippen LogP contribution >= 0.6 is 0 Å². The summed E-state index contributed by atoms with van der Waals surface area (Å²) in [6.07, 6.45) is 3.85. The van der Waals surface area contributed by atoms with E-state index in [1.54, 1.807) is 7.11 Å². The number of hydrogen-bond donors (Lipinski definition) is 1. The fraction of sp³-hybridized carbons (Fsp3) is 1.00. The maximum Gasteiger partial charge on any atom is 0.100 e. The van der Waals surface area contributed by atoms with Crippen molar-refractivity contribution in [2.75, 3.05) is 13.7 Å². The Morgan fingerprint density at radius 2 is 2.05 bits per heavy atom. The van der Waals surface area contributed by atoms with Gasteiger partial charge in [0.1, 0.15) is 11.2 Å². The van der Waals surface area contributed by atoms with Crippen molar-refractivity contribution in [2.24, 2.45) is 17.8 Å². The minimum absolute atomic E-state index is 0.123. The summed E-state index contributed by atoms with van der Waals surface area (Å²) in [5.41, 5.74) is -0.326. The van der Waals surface area contributed by atoms with Gasteiger partial charge in [-0.25, -0.2) is 0 Å². The first-order valence-electron chi connectivity index (χ1n) is 8.90. The van der Waals surface area contributed by atoms with Crippen molar-refractivity contribution >= 4 is 0 Å². The van der Waals surface area contributed by atoms with Gasteiger partial charge >= 0.3 is 0 Å². The van der Waals surface area contributed by atoms with Crippen LogP contribution < -0.4 is 0 Å². The molecule has 4 heteroatoms. The molecule has 1 saturated carbocycles. The van der Waals surface area contributed by atoms with Crippen LogP contribution in [-0.2, 0) is 14.2 Å². The van der Waals surface area contributed by atoms with Crippen LogP contribution in [0.3, 0.4) is 0 Å². The highest BCUT2D eigenvalue weighted by atomic mass is 16.6. The normalized spacial score (nSPS) is 50.6. The average molecular weight is 312 g/mol. The SMILES string of the molecule is CC[C@@H]1C[C@]2(CO2)[C@@H]([C@@]2(C)O[C@@H]2CCC(C)C)[C@H](OC)[C@@H]1O. The molecule has 4 nitrogen and oxygen atoms in total. The van der Waals surface area contributed by atoms with E-state index in [-0.39, 0.29) is 35.2 Å². The summed E-state index contributed by atoms with van der Waals surface area (Å²) in [4.78, 5) is 0. The van der Waals surface area contributed by atoms with Crippen molar-refractivity contribution in [2.45, 2.75) is 82.9 Å². The van der Waals surface area contributed by atoms with E-state index >= 15 is 0 Å². The van der Waals surface area contributed by atoms with Crippen LogP contribution in [0.4, 0.5) is 0 Å². The largest absolute Gasteiger partial charge is 0.390 e. The molecule has 2 heterocycles. The zero-order chi connectivity index (χ0) is 16.1. The lowest BCUT2D eigenvalue weighted by molar-refractivity contribution is -0.141. The summed E-state index contributed by atoms with van der Waals surface area (Å²) in [5.74, 6) is 1.10. The smallest absolute Gasteiger partial charge is 0.100 e. The molecular weight excluding hydrogens is 280 g/mol. The van der Waals surface area contributed by atoms with Crippen LogP contribution in [0.15, 0.2) is 0 Å². The molecule has 0 amide bonds. The topological polar surface area (TPSA) is 54.5 Å². The van der Waals surface area contributed by atoms with Gasteiger partial charge in [0, 0.05) is 7.11 Å². The molecule has 3 aliphatic rings. The predicted octanol–water partition coefficient (Wildman–Crippen LogP) is 2.77. The Balaban J connectivity index is 1.77. The van der Waals surface area contributed by atoms with Crippen LogP contribution in [0.25, 0.3) is 0 Å². The maximum absolute atomic E-state index is 10.7. The molecule has 0 unspecified atom stereocenters. The maximum atomic E-state index is 10.7. The second-order valence-electron chi connectivity index (χ2n) is 8.16. The Labute approximate surface area is 134 Å². The van der Waals surface area contributed by atoms with E-state index in [9.17, 15) is 5.11 Å². The molecule has 1 N–H and O–H groups in total. The molecule has 0 aromatic rings. The van der Waals surface area contributed by atoms with Crippen molar-refractivity contribution < 1.29 is 19.3 Å². The molecule has 1 aliphatic carbocycles. The van der Waals surface area contributed by atoms with Crippen molar-refractivity contribution in [1.29, 1.82) is 0 Å². The van der Waals surface area contributed by atoms with Gasteiger partial charge in [-0.05, 0) is 38.0 Å². The van der Waals surface area contributed by atoms with Crippen LogP contribution in [-0.4, -0.2) is 48.3 Å². The van der Waals surface area contributed by atoms with Gasteiger partial charge in [0.2, 0.25) is 0 Å². The van der Waals surface area contributed by atoms with Crippen molar-refractivity contribution in [3.05, 3.63) is 0 Å². The van der Waals surface area contributed by atoms with Crippen LogP contribution in [0.5, 0.6) is 0 Å². The third kappa shape index (κ3) is 2.62. The third-order valence-corrected chi connectivity index (χ3v) is 6.24. The van der Waals surface area contributed by atoms with Crippen molar-refractivity contribution in [3.63, 3.8) is 0 Å². The van der Waals surface area contributed by atoms with Crippen molar-refractivity contribution in [1.82, 2.24) is 0 Å². The Morgan fingerprint density at radius 1 is 1.36 bits per heavy atom. The number of aliphatic hydroxyl groups excluding tert-OH is 1. The molecule has 128 valence electrons. The highest BCUT2D eigenvalue weighted by Crippen LogP contribution is 2.60. The minimum Gasteiger partial charge on any atom is -0.390 e. The number of epoxide rings is 2. The van der Waals surface area contributed by atoms with Gasteiger partial charge in [0.15, 0.2) is 0 Å². The molecule has 2 aliphatic heterocycles. The highest BCUT2D eigenvalue weighted by molar-refractivity contribution is 5.20. The summed E-state index contributed by atoms with van der Waals surface area (Å²) < 4.78 is 17.8. The monoisotopic (exact) mass is 312 g/mol. The number of methoxy groups -OCH3 is 1. The van der Waals surface area contributed by atoms with Gasteiger partial charge in [0.05, 0.1) is 30.8 Å². The summed E-state index contributed by atoms with van der Waals surface area (Å²) in [7, 11) is 1.71. The molecule has 22 heavy (non-hydrogen) atoms. The predicted molar refractivity (Wildman–Crippen MR) is 84.7 cm³/mol. The van der Waals surface area contributed by atoms with E-state index in [0.717, 1.165) is 25.9 Å². The van der Waals surface area contributed by atoms with Crippen LogP contribution in [0.1, 0.15) is 53.4 Å². The van der Waals surface area contributed by atoms with Gasteiger partial charge in [-0.3, -0.25) is 0 Å². The summed E-state index contributed by atoms with van der Waals surface area (Å²) in [6, 6.07) is 0. The second kappa shape index (κ2) is 5.73. The fourth-order valence-electron chi connectivity index (χ4n) is 4.73. The highest BCUT2D eigenvalue weighted by Gasteiger charge is 2.72. The Kier molecular flexibility index (Phi) is 4.35. The van der Waals surface area contributed by atoms with Gasteiger partial charge in [-0.2, -0.15) is 0 Å². The average Bonchev–Trinajstić information content (AvgIpc) is 3.37. The summed E-state index contributed by atoms with van der Waals surface area (Å²) in [5, 5.41) is 10.7. The van der Waals surface area contributed by atoms with Gasteiger partial charge in [0.25, 0.3) is 0 Å². The lowest BCUT2D eigenvalue weighted by Crippen LogP contribution is -2.57. The molecule has 0 aromatic heterocycles. The number of ether oxygens (including phenoxy) is 3. The molecular formula is C18H32O4. The van der Waals surface area contributed by atoms with E-state index in [0.29, 0.717) is 5.92 Å². The first-order valence-corrected chi connectivity index (χ1v) is 8.90. The fourth-order valence-corrected chi connectivity index (χ4v) is 4.73. The Morgan fingerprint density at radius 3 is 2.55 bits per heavy atom. The van der Waals surface area contributed by atoms with E-state index in [1.165, 1.54) is 6.42 Å². The standard InChI is InChI=1S/C18H32O4/c1-6-12-9-18(10-21-18)16(15(20-5)14(12)19)17(4)13(22-17)8-7-11(2)3/h11-16,19H,6-10H2,1-5H3/t12-,13-,14-,15-,16-,17+,18+/m1/s1. The number of hydrogen-bond acceptors (Lipinski definition) is 4. The Hall–Kier alpha value is -0.160. The third-order valence-electron chi connectivity index (χ3n) is 6.24. The molecule has 7 atom stereocenters. The van der Waals surface area contributed by atoms with Crippen molar-refractivity contribution in [3.8, 4) is 0 Å². The van der Waals surface area contributed by atoms with Gasteiger partial charge in [-0.1, -0.05) is 27.2 Å². The zero-order valence-corrected chi connectivity index (χ0v) is 14.7. The first kappa shape index (κ1) is 16.7. The number of aliphatic hydroxyl groups is 1. The molecule has 0 aromatic carbocycles. The first-order chi connectivity index (χ1) is 10.4. The molecule has 0 radical (unpaired) electrons. The molecule has 2 saturated heterocycles. The van der Waals surface area contributed by atoms with Crippen LogP contribution in [0, 0.1) is 17.8 Å². The Bertz CT molecular complexity index is 406. The minimum atomic E-state index is -0.415. The van der Waals surface area contributed by atoms with Gasteiger partial charge < -0.3 is 19.3 Å². The van der Waals surface area contributed by atoms with E-state index in [4.69, 9.17) is 14.2 Å². The van der Waals surface area contributed by atoms with E-state index in [1.807, 2.05) is 0 Å². The lowest BCUT2D eigenvalue weighted by atomic mass is 9.64. The molecule has 3 fully saturated rings. The molecule has 0 bridgehead atoms. The quantitative estimate of drug-likeness (QED) is 0.766.